The van der Waals surface area contributed by atoms with Gasteiger partial charge < -0.3 is 10.0 Å². The highest BCUT2D eigenvalue weighted by atomic mass is 19.1. The first-order valence-corrected chi connectivity index (χ1v) is 5.39. The Balaban J connectivity index is 2.15. The van der Waals surface area contributed by atoms with Crippen molar-refractivity contribution < 1.29 is 9.50 Å². The van der Waals surface area contributed by atoms with Crippen molar-refractivity contribution in [2.75, 3.05) is 18.1 Å². The average molecular weight is 209 g/mol. The van der Waals surface area contributed by atoms with Crippen LogP contribution in [-0.2, 0) is 0 Å². The Morgan fingerprint density at radius 2 is 2.07 bits per heavy atom. The first-order valence-electron chi connectivity index (χ1n) is 5.39. The highest BCUT2D eigenvalue weighted by Gasteiger charge is 2.30. The minimum atomic E-state index is -1.05. The highest BCUT2D eigenvalue weighted by Crippen LogP contribution is 2.29. The van der Waals surface area contributed by atoms with Crippen LogP contribution in [0, 0.1) is 5.92 Å². The topological polar surface area (TPSA) is 23.5 Å². The van der Waals surface area contributed by atoms with Gasteiger partial charge in [-0.1, -0.05) is 18.2 Å². The molecule has 1 N–H and O–H groups in total. The van der Waals surface area contributed by atoms with Crippen LogP contribution in [0.4, 0.5) is 10.1 Å². The second kappa shape index (κ2) is 4.62. The number of nitrogens with zero attached hydrogens (tertiary/aromatic N) is 1. The highest BCUT2D eigenvalue weighted by molar-refractivity contribution is 5.47. The molecule has 2 nitrogen and oxygen atoms in total. The summed E-state index contributed by atoms with van der Waals surface area (Å²) in [6.07, 6.45) is 0.674. The molecule has 1 fully saturated rings. The van der Waals surface area contributed by atoms with Crippen molar-refractivity contribution in [3.8, 4) is 0 Å². The number of rotatable bonds is 2. The fourth-order valence-corrected chi connectivity index (χ4v) is 2.11. The Labute approximate surface area is 89.3 Å². The lowest BCUT2D eigenvalue weighted by Gasteiger charge is -2.37. The van der Waals surface area contributed by atoms with Gasteiger partial charge in [-0.25, -0.2) is 4.39 Å². The molecule has 0 aromatic heterocycles. The maximum Gasteiger partial charge on any atom is 0.177 e. The molecule has 1 aromatic rings. The van der Waals surface area contributed by atoms with E-state index >= 15 is 0 Å². The fourth-order valence-electron chi connectivity index (χ4n) is 2.11. The summed E-state index contributed by atoms with van der Waals surface area (Å²) in [5.41, 5.74) is 0.906. The fraction of sp³-hybridized carbons (Fsp3) is 0.500. The molecular weight excluding hydrogens is 193 g/mol. The molecule has 1 heterocycles. The smallest absolute Gasteiger partial charge is 0.177 e. The number of para-hydroxylation sites is 1. The predicted octanol–water partition coefficient (Wildman–Crippen LogP) is 2.19. The summed E-state index contributed by atoms with van der Waals surface area (Å²) in [4.78, 5) is 1.74. The number of alkyl halides is 1. The minimum absolute atomic E-state index is 0.0650. The number of hydrogen-bond acceptors (Lipinski definition) is 2. The molecule has 82 valence electrons. The van der Waals surface area contributed by atoms with Crippen LogP contribution in [-0.4, -0.2) is 24.6 Å². The number of benzene rings is 1. The largest absolute Gasteiger partial charge is 0.396 e. The molecule has 0 aliphatic carbocycles. The molecule has 2 atom stereocenters. The van der Waals surface area contributed by atoms with Crippen molar-refractivity contribution in [2.24, 2.45) is 5.92 Å². The van der Waals surface area contributed by atoms with E-state index in [0.29, 0.717) is 0 Å². The van der Waals surface area contributed by atoms with Gasteiger partial charge >= 0.3 is 0 Å². The van der Waals surface area contributed by atoms with Crippen LogP contribution in [0.2, 0.25) is 0 Å². The Morgan fingerprint density at radius 1 is 1.33 bits per heavy atom. The predicted molar refractivity (Wildman–Crippen MR) is 58.5 cm³/mol. The SMILES string of the molecule is OCC1CCCN(c2ccccc2)C1F. The number of aliphatic hydroxyl groups excluding tert-OH is 1. The van der Waals surface area contributed by atoms with Crippen LogP contribution < -0.4 is 4.90 Å². The van der Waals surface area contributed by atoms with Gasteiger partial charge in [0.2, 0.25) is 0 Å². The van der Waals surface area contributed by atoms with Gasteiger partial charge in [-0.3, -0.25) is 0 Å². The maximum absolute atomic E-state index is 14.0. The lowest BCUT2D eigenvalue weighted by atomic mass is 9.97. The van der Waals surface area contributed by atoms with Crippen LogP contribution in [0.15, 0.2) is 30.3 Å². The molecule has 0 radical (unpaired) electrons. The van der Waals surface area contributed by atoms with E-state index in [1.165, 1.54) is 0 Å². The molecule has 2 rings (SSSR count). The molecule has 1 aromatic carbocycles. The van der Waals surface area contributed by atoms with Gasteiger partial charge in [0.05, 0.1) is 6.61 Å². The van der Waals surface area contributed by atoms with E-state index in [1.807, 2.05) is 30.3 Å². The lowest BCUT2D eigenvalue weighted by molar-refractivity contribution is 0.109. The quantitative estimate of drug-likeness (QED) is 0.755. The first-order chi connectivity index (χ1) is 7.33. The molecule has 15 heavy (non-hydrogen) atoms. The Morgan fingerprint density at radius 3 is 2.73 bits per heavy atom. The standard InChI is InChI=1S/C12H16FNO/c13-12-10(9-15)5-4-8-14(12)11-6-2-1-3-7-11/h1-3,6-7,10,12,15H,4-5,8-9H2. The van der Waals surface area contributed by atoms with E-state index in [4.69, 9.17) is 5.11 Å². The summed E-state index contributed by atoms with van der Waals surface area (Å²) >= 11 is 0. The molecule has 2 unspecified atom stereocenters. The van der Waals surface area contributed by atoms with Gasteiger partial charge in [0.1, 0.15) is 0 Å². The number of piperidine rings is 1. The van der Waals surface area contributed by atoms with Gasteiger partial charge in [-0.15, -0.1) is 0 Å². The zero-order valence-electron chi connectivity index (χ0n) is 8.64. The molecule has 0 spiro atoms. The molecule has 0 saturated carbocycles. The third-order valence-electron chi connectivity index (χ3n) is 2.98. The number of anilines is 1. The zero-order valence-corrected chi connectivity index (χ0v) is 8.64. The third-order valence-corrected chi connectivity index (χ3v) is 2.98. The summed E-state index contributed by atoms with van der Waals surface area (Å²) in [7, 11) is 0. The summed E-state index contributed by atoms with van der Waals surface area (Å²) in [6.45, 7) is 0.673. The van der Waals surface area contributed by atoms with Crippen molar-refractivity contribution in [1.29, 1.82) is 0 Å². The maximum atomic E-state index is 14.0. The van der Waals surface area contributed by atoms with Crippen molar-refractivity contribution >= 4 is 5.69 Å². The van der Waals surface area contributed by atoms with Crippen LogP contribution in [0.1, 0.15) is 12.8 Å². The minimum Gasteiger partial charge on any atom is -0.396 e. The van der Waals surface area contributed by atoms with Gasteiger partial charge in [-0.05, 0) is 25.0 Å². The average Bonchev–Trinajstić information content (AvgIpc) is 2.30. The molecular formula is C12H16FNO. The number of aliphatic hydroxyl groups is 1. The Hall–Kier alpha value is -1.09. The monoisotopic (exact) mass is 209 g/mol. The van der Waals surface area contributed by atoms with Gasteiger partial charge in [0.25, 0.3) is 0 Å². The van der Waals surface area contributed by atoms with Crippen molar-refractivity contribution in [2.45, 2.75) is 19.1 Å². The van der Waals surface area contributed by atoms with Crippen molar-refractivity contribution in [3.63, 3.8) is 0 Å². The van der Waals surface area contributed by atoms with Crippen LogP contribution in [0.5, 0.6) is 0 Å². The van der Waals surface area contributed by atoms with Crippen LogP contribution >= 0.6 is 0 Å². The molecule has 3 heteroatoms. The Kier molecular flexibility index (Phi) is 3.21. The van der Waals surface area contributed by atoms with E-state index in [1.54, 1.807) is 4.90 Å². The Bertz CT molecular complexity index is 304. The summed E-state index contributed by atoms with van der Waals surface area (Å²) in [5.74, 6) is -0.237. The van der Waals surface area contributed by atoms with E-state index < -0.39 is 6.30 Å². The van der Waals surface area contributed by atoms with Crippen molar-refractivity contribution in [3.05, 3.63) is 30.3 Å². The lowest BCUT2D eigenvalue weighted by Crippen LogP contribution is -2.43. The van der Waals surface area contributed by atoms with E-state index in [2.05, 4.69) is 0 Å². The van der Waals surface area contributed by atoms with Crippen molar-refractivity contribution in [1.82, 2.24) is 0 Å². The van der Waals surface area contributed by atoms with E-state index in [9.17, 15) is 4.39 Å². The number of halogens is 1. The molecule has 1 aliphatic heterocycles. The normalized spacial score (nSPS) is 26.7. The zero-order chi connectivity index (χ0) is 10.7. The van der Waals surface area contributed by atoms with E-state index in [-0.39, 0.29) is 12.5 Å². The second-order valence-corrected chi connectivity index (χ2v) is 3.99. The first kappa shape index (κ1) is 10.4. The van der Waals surface area contributed by atoms with Gasteiger partial charge in [0, 0.05) is 18.2 Å². The van der Waals surface area contributed by atoms with Gasteiger partial charge in [0.15, 0.2) is 6.30 Å². The van der Waals surface area contributed by atoms with Crippen LogP contribution in [0.25, 0.3) is 0 Å². The van der Waals surface area contributed by atoms with E-state index in [0.717, 1.165) is 25.1 Å². The van der Waals surface area contributed by atoms with Gasteiger partial charge in [-0.2, -0.15) is 0 Å². The molecule has 0 bridgehead atoms. The summed E-state index contributed by atoms with van der Waals surface area (Å²) < 4.78 is 14.0. The summed E-state index contributed by atoms with van der Waals surface area (Å²) in [5, 5.41) is 9.06. The molecule has 1 aliphatic rings. The molecule has 1 saturated heterocycles. The number of hydrogen-bond donors (Lipinski definition) is 1. The molecule has 0 amide bonds. The summed E-state index contributed by atoms with van der Waals surface area (Å²) in [6, 6.07) is 9.55. The second-order valence-electron chi connectivity index (χ2n) is 3.99. The van der Waals surface area contributed by atoms with Crippen LogP contribution in [0.3, 0.4) is 0 Å². The third kappa shape index (κ3) is 2.12.